The van der Waals surface area contributed by atoms with E-state index in [1.54, 1.807) is 5.57 Å². The van der Waals surface area contributed by atoms with Crippen LogP contribution in [0.5, 0.6) is 0 Å². The second-order valence-electron chi connectivity index (χ2n) is 11.8. The third-order valence-electron chi connectivity index (χ3n) is 9.65. The lowest BCUT2D eigenvalue weighted by Gasteiger charge is -2.44. The Morgan fingerprint density at radius 3 is 2.48 bits per heavy atom. The summed E-state index contributed by atoms with van der Waals surface area (Å²) >= 11 is 0. The molecule has 6 atom stereocenters. The van der Waals surface area contributed by atoms with E-state index in [9.17, 15) is 10.2 Å². The van der Waals surface area contributed by atoms with Crippen molar-refractivity contribution >= 4 is 0 Å². The summed E-state index contributed by atoms with van der Waals surface area (Å²) in [6, 6.07) is 0. The molecule has 4 rings (SSSR count). The number of aliphatic hydroxyl groups is 2. The first kappa shape index (κ1) is 23.1. The van der Waals surface area contributed by atoms with Crippen LogP contribution < -0.4 is 0 Å². The van der Waals surface area contributed by atoms with E-state index in [4.69, 9.17) is 0 Å². The van der Waals surface area contributed by atoms with E-state index in [2.05, 4.69) is 58.6 Å². The highest BCUT2D eigenvalue weighted by Crippen LogP contribution is 2.60. The van der Waals surface area contributed by atoms with Crippen LogP contribution in [0.2, 0.25) is 0 Å². The van der Waals surface area contributed by atoms with Gasteiger partial charge < -0.3 is 10.2 Å². The summed E-state index contributed by atoms with van der Waals surface area (Å²) in [6.07, 6.45) is 18.8. The van der Waals surface area contributed by atoms with Gasteiger partial charge in [-0.3, -0.25) is 0 Å². The molecule has 0 saturated heterocycles. The summed E-state index contributed by atoms with van der Waals surface area (Å²) in [5.74, 6) is 2.84. The predicted molar refractivity (Wildman–Crippen MR) is 130 cm³/mol. The molecule has 172 valence electrons. The first-order valence-electron chi connectivity index (χ1n) is 12.8. The van der Waals surface area contributed by atoms with Crippen LogP contribution in [-0.2, 0) is 0 Å². The largest absolute Gasteiger partial charge is 0.393 e. The van der Waals surface area contributed by atoms with Gasteiger partial charge in [-0.05, 0) is 97.0 Å². The molecule has 0 radical (unpaired) electrons. The lowest BCUT2D eigenvalue weighted by molar-refractivity contribution is 0.0862. The van der Waals surface area contributed by atoms with Gasteiger partial charge in [0.15, 0.2) is 0 Å². The average Bonchev–Trinajstić information content (AvgIpc) is 3.43. The molecular formula is C29H44O2. The van der Waals surface area contributed by atoms with Crippen molar-refractivity contribution in [2.45, 2.75) is 97.7 Å². The van der Waals surface area contributed by atoms with E-state index in [1.165, 1.54) is 44.9 Å². The van der Waals surface area contributed by atoms with Gasteiger partial charge in [-0.2, -0.15) is 0 Å². The summed E-state index contributed by atoms with van der Waals surface area (Å²) in [5, 5.41) is 20.2. The van der Waals surface area contributed by atoms with E-state index in [0.717, 1.165) is 23.0 Å². The van der Waals surface area contributed by atoms with Gasteiger partial charge >= 0.3 is 0 Å². The zero-order valence-electron chi connectivity index (χ0n) is 20.2. The summed E-state index contributed by atoms with van der Waals surface area (Å²) < 4.78 is 0. The van der Waals surface area contributed by atoms with Crippen molar-refractivity contribution < 1.29 is 10.2 Å². The fraction of sp³-hybridized carbons (Fsp3) is 0.724. The van der Waals surface area contributed by atoms with Crippen molar-refractivity contribution in [1.82, 2.24) is 0 Å². The van der Waals surface area contributed by atoms with Crippen LogP contribution in [0.3, 0.4) is 0 Å². The van der Waals surface area contributed by atoms with Gasteiger partial charge in [0, 0.05) is 6.42 Å². The van der Waals surface area contributed by atoms with Crippen LogP contribution in [-0.4, -0.2) is 22.4 Å². The number of fused-ring (bicyclic) bond motifs is 1. The van der Waals surface area contributed by atoms with Gasteiger partial charge in [0.05, 0.1) is 12.2 Å². The van der Waals surface area contributed by atoms with Crippen molar-refractivity contribution in [2.24, 2.45) is 34.5 Å². The fourth-order valence-corrected chi connectivity index (χ4v) is 7.17. The molecule has 0 heterocycles. The number of aliphatic hydroxyl groups excluding tert-OH is 2. The van der Waals surface area contributed by atoms with Gasteiger partial charge in [-0.15, -0.1) is 0 Å². The molecule has 4 aliphatic rings. The van der Waals surface area contributed by atoms with Crippen LogP contribution in [0, 0.1) is 34.5 Å². The minimum atomic E-state index is -0.603. The topological polar surface area (TPSA) is 40.5 Å². The van der Waals surface area contributed by atoms with Crippen molar-refractivity contribution in [1.29, 1.82) is 0 Å². The van der Waals surface area contributed by atoms with E-state index >= 15 is 0 Å². The zero-order valence-corrected chi connectivity index (χ0v) is 20.2. The average molecular weight is 425 g/mol. The molecule has 2 N–H and O–H groups in total. The Hall–Kier alpha value is -1.12. The number of rotatable bonds is 5. The standard InChI is InChI=1S/C29H44O2/c1-19(2)29(15-16-29)14-12-20(3)25-10-11-26-22(7-6-13-28(25,26)5)8-9-23-17-24(30)18-27(31)21(23)4/h8-9,12,14,19-20,24-27,30-31H,4,6-7,10-11,13,15-18H2,1-3,5H3/t20-,24-,25-,26?,27+,28-/m1/s1. The molecule has 2 nitrogen and oxygen atoms in total. The van der Waals surface area contributed by atoms with E-state index < -0.39 is 12.2 Å². The van der Waals surface area contributed by atoms with Gasteiger partial charge in [0.25, 0.3) is 0 Å². The van der Waals surface area contributed by atoms with E-state index in [0.29, 0.717) is 35.5 Å². The van der Waals surface area contributed by atoms with Crippen LogP contribution in [0.4, 0.5) is 0 Å². The SMILES string of the molecule is C=C1C(=CC=C2CCC[C@@]3(C)C2CC[C@@H]3[C@H](C)C=CC2(C(C)C)CC2)C[C@@H](O)C[C@@H]1O. The molecule has 4 aliphatic carbocycles. The third kappa shape index (κ3) is 4.40. The Balaban J connectivity index is 1.50. The maximum absolute atomic E-state index is 10.2. The zero-order chi connectivity index (χ0) is 22.4. The molecule has 1 unspecified atom stereocenters. The lowest BCUT2D eigenvalue weighted by atomic mass is 9.61. The van der Waals surface area contributed by atoms with Crippen molar-refractivity contribution in [3.63, 3.8) is 0 Å². The van der Waals surface area contributed by atoms with Gasteiger partial charge in [-0.1, -0.05) is 64.2 Å². The van der Waals surface area contributed by atoms with E-state index in [-0.39, 0.29) is 0 Å². The lowest BCUT2D eigenvalue weighted by Crippen LogP contribution is -2.35. The van der Waals surface area contributed by atoms with Crippen molar-refractivity contribution in [3.05, 3.63) is 47.6 Å². The minimum absolute atomic E-state index is 0.392. The van der Waals surface area contributed by atoms with Crippen LogP contribution >= 0.6 is 0 Å². The highest BCUT2D eigenvalue weighted by molar-refractivity contribution is 5.38. The smallest absolute Gasteiger partial charge is 0.0811 e. The molecule has 0 aliphatic heterocycles. The Morgan fingerprint density at radius 2 is 1.81 bits per heavy atom. The first-order chi connectivity index (χ1) is 14.7. The van der Waals surface area contributed by atoms with Crippen LogP contribution in [0.1, 0.15) is 85.5 Å². The molecule has 4 fully saturated rings. The molecule has 0 aromatic rings. The van der Waals surface area contributed by atoms with Gasteiger partial charge in [0.1, 0.15) is 0 Å². The van der Waals surface area contributed by atoms with Gasteiger partial charge in [0.2, 0.25) is 0 Å². The molecule has 0 amide bonds. The van der Waals surface area contributed by atoms with Crippen molar-refractivity contribution in [3.8, 4) is 0 Å². The normalized spacial score (nSPS) is 41.3. The second-order valence-corrected chi connectivity index (χ2v) is 11.8. The molecular weight excluding hydrogens is 380 g/mol. The number of allylic oxidation sites excluding steroid dienone is 5. The summed E-state index contributed by atoms with van der Waals surface area (Å²) in [7, 11) is 0. The van der Waals surface area contributed by atoms with E-state index in [1.807, 2.05) is 0 Å². The van der Waals surface area contributed by atoms with Crippen LogP contribution in [0.15, 0.2) is 47.6 Å². The molecule has 0 bridgehead atoms. The second kappa shape index (κ2) is 8.67. The Labute approximate surface area is 190 Å². The molecule has 0 spiro atoms. The highest BCUT2D eigenvalue weighted by Gasteiger charge is 2.50. The summed E-state index contributed by atoms with van der Waals surface area (Å²) in [6.45, 7) is 13.8. The summed E-state index contributed by atoms with van der Waals surface area (Å²) in [4.78, 5) is 0. The maximum atomic E-state index is 10.2. The highest BCUT2D eigenvalue weighted by atomic mass is 16.3. The minimum Gasteiger partial charge on any atom is -0.393 e. The molecule has 0 aromatic heterocycles. The Morgan fingerprint density at radius 1 is 1.06 bits per heavy atom. The molecule has 0 aromatic carbocycles. The van der Waals surface area contributed by atoms with Crippen LogP contribution in [0.25, 0.3) is 0 Å². The fourth-order valence-electron chi connectivity index (χ4n) is 7.17. The van der Waals surface area contributed by atoms with Crippen molar-refractivity contribution in [2.75, 3.05) is 0 Å². The predicted octanol–water partition coefficient (Wildman–Crippen LogP) is 6.76. The molecule has 31 heavy (non-hydrogen) atoms. The number of hydrogen-bond donors (Lipinski definition) is 2. The Kier molecular flexibility index (Phi) is 6.45. The Bertz CT molecular complexity index is 781. The first-order valence-corrected chi connectivity index (χ1v) is 12.8. The molecule has 2 heteroatoms. The number of hydrogen-bond acceptors (Lipinski definition) is 2. The third-order valence-corrected chi connectivity index (χ3v) is 9.65. The quantitative estimate of drug-likeness (QED) is 0.479. The monoisotopic (exact) mass is 424 g/mol. The maximum Gasteiger partial charge on any atom is 0.0811 e. The molecule has 4 saturated carbocycles. The van der Waals surface area contributed by atoms with Gasteiger partial charge in [-0.25, -0.2) is 0 Å². The summed E-state index contributed by atoms with van der Waals surface area (Å²) in [5.41, 5.74) is 4.30.